The van der Waals surface area contributed by atoms with Gasteiger partial charge in [0.1, 0.15) is 12.4 Å². The molecule has 0 aliphatic heterocycles. The van der Waals surface area contributed by atoms with Gasteiger partial charge in [-0.15, -0.1) is 0 Å². The highest BCUT2D eigenvalue weighted by Gasteiger charge is 2.22. The average molecular weight is 273 g/mol. The summed E-state index contributed by atoms with van der Waals surface area (Å²) in [5, 5.41) is 9.77. The van der Waals surface area contributed by atoms with Crippen LogP contribution in [0.1, 0.15) is 20.8 Å². The van der Waals surface area contributed by atoms with Crippen LogP contribution in [0, 0.1) is 5.41 Å². The molecular weight excluding hydrogens is 256 g/mol. The Bertz CT molecular complexity index is 300. The highest BCUT2D eigenvalue weighted by atomic mass is 79.9. The second-order valence-electron chi connectivity index (χ2n) is 4.65. The number of benzene rings is 1. The maximum atomic E-state index is 9.77. The molecule has 0 radical (unpaired) electrons. The molecule has 0 saturated carbocycles. The van der Waals surface area contributed by atoms with Crippen LogP contribution < -0.4 is 4.74 Å². The monoisotopic (exact) mass is 272 g/mol. The third kappa shape index (κ3) is 4.22. The van der Waals surface area contributed by atoms with Gasteiger partial charge in [-0.3, -0.25) is 0 Å². The maximum absolute atomic E-state index is 9.77. The molecule has 0 amide bonds. The average Bonchev–Trinajstić information content (AvgIpc) is 2.15. The lowest BCUT2D eigenvalue weighted by Gasteiger charge is -2.25. The minimum absolute atomic E-state index is 0.143. The molecule has 0 saturated heterocycles. The number of hydrogen-bond donors (Lipinski definition) is 1. The molecule has 0 heterocycles. The molecule has 1 rings (SSSR count). The summed E-state index contributed by atoms with van der Waals surface area (Å²) in [6.45, 7) is 6.29. The van der Waals surface area contributed by atoms with Crippen molar-refractivity contribution in [3.05, 3.63) is 28.7 Å². The predicted octanol–water partition coefficient (Wildman–Crippen LogP) is 3.23. The summed E-state index contributed by atoms with van der Waals surface area (Å²) in [5.74, 6) is 0.779. The maximum Gasteiger partial charge on any atom is 0.119 e. The van der Waals surface area contributed by atoms with Crippen LogP contribution >= 0.6 is 15.9 Å². The standard InChI is InChI=1S/C12H17BrO2/c1-12(2,3)11(14)8-15-10-6-4-9(13)5-7-10/h4-7,11,14H,8H2,1-3H3/t11-/m1/s1. The number of hydrogen-bond acceptors (Lipinski definition) is 2. The molecule has 0 bridgehead atoms. The van der Waals surface area contributed by atoms with Gasteiger partial charge in [-0.1, -0.05) is 36.7 Å². The summed E-state index contributed by atoms with van der Waals surface area (Å²) in [6.07, 6.45) is -0.457. The zero-order valence-corrected chi connectivity index (χ0v) is 10.9. The number of aliphatic hydroxyl groups is 1. The minimum atomic E-state index is -0.457. The second-order valence-corrected chi connectivity index (χ2v) is 5.56. The Morgan fingerprint density at radius 2 is 1.80 bits per heavy atom. The first-order valence-corrected chi connectivity index (χ1v) is 5.75. The van der Waals surface area contributed by atoms with E-state index in [9.17, 15) is 5.11 Å². The molecule has 0 aliphatic carbocycles. The van der Waals surface area contributed by atoms with E-state index in [0.29, 0.717) is 6.61 Å². The number of halogens is 1. The first-order chi connectivity index (χ1) is 6.89. The van der Waals surface area contributed by atoms with Crippen molar-refractivity contribution in [1.82, 2.24) is 0 Å². The van der Waals surface area contributed by atoms with Crippen LogP contribution in [0.4, 0.5) is 0 Å². The smallest absolute Gasteiger partial charge is 0.119 e. The van der Waals surface area contributed by atoms with E-state index in [1.807, 2.05) is 45.0 Å². The molecule has 1 aromatic rings. The van der Waals surface area contributed by atoms with Crippen LogP contribution in [0.25, 0.3) is 0 Å². The molecular formula is C12H17BrO2. The molecule has 0 unspecified atom stereocenters. The molecule has 1 aromatic carbocycles. The van der Waals surface area contributed by atoms with Crippen molar-refractivity contribution in [3.8, 4) is 5.75 Å². The van der Waals surface area contributed by atoms with E-state index in [1.165, 1.54) is 0 Å². The first-order valence-electron chi connectivity index (χ1n) is 4.96. The molecule has 2 nitrogen and oxygen atoms in total. The second kappa shape index (κ2) is 4.99. The van der Waals surface area contributed by atoms with Crippen LogP contribution in [0.2, 0.25) is 0 Å². The highest BCUT2D eigenvalue weighted by molar-refractivity contribution is 9.10. The minimum Gasteiger partial charge on any atom is -0.491 e. The zero-order chi connectivity index (χ0) is 11.5. The fourth-order valence-corrected chi connectivity index (χ4v) is 1.22. The Morgan fingerprint density at radius 1 is 1.27 bits per heavy atom. The van der Waals surface area contributed by atoms with Gasteiger partial charge < -0.3 is 9.84 Å². The number of rotatable bonds is 3. The van der Waals surface area contributed by atoms with E-state index in [4.69, 9.17) is 4.74 Å². The highest BCUT2D eigenvalue weighted by Crippen LogP contribution is 2.21. The van der Waals surface area contributed by atoms with Crippen molar-refractivity contribution in [1.29, 1.82) is 0 Å². The van der Waals surface area contributed by atoms with Gasteiger partial charge in [-0.25, -0.2) is 0 Å². The lowest BCUT2D eigenvalue weighted by Crippen LogP contribution is -2.31. The van der Waals surface area contributed by atoms with Gasteiger partial charge in [0.05, 0.1) is 6.10 Å². The summed E-state index contributed by atoms with van der Waals surface area (Å²) in [7, 11) is 0. The van der Waals surface area contributed by atoms with E-state index in [1.54, 1.807) is 0 Å². The fraction of sp³-hybridized carbons (Fsp3) is 0.500. The van der Waals surface area contributed by atoms with Crippen molar-refractivity contribution in [3.63, 3.8) is 0 Å². The third-order valence-corrected chi connectivity index (χ3v) is 2.75. The van der Waals surface area contributed by atoms with Crippen molar-refractivity contribution >= 4 is 15.9 Å². The van der Waals surface area contributed by atoms with Crippen LogP contribution in [-0.4, -0.2) is 17.8 Å². The zero-order valence-electron chi connectivity index (χ0n) is 9.33. The Labute approximate surface area is 99.4 Å². The summed E-state index contributed by atoms with van der Waals surface area (Å²) in [4.78, 5) is 0. The van der Waals surface area contributed by atoms with Crippen LogP contribution in [0.3, 0.4) is 0 Å². The lowest BCUT2D eigenvalue weighted by molar-refractivity contribution is 0.0218. The SMILES string of the molecule is CC(C)(C)[C@H](O)COc1ccc(Br)cc1. The van der Waals surface area contributed by atoms with Gasteiger partial charge in [-0.05, 0) is 29.7 Å². The molecule has 0 fully saturated rings. The fourth-order valence-electron chi connectivity index (χ4n) is 0.956. The summed E-state index contributed by atoms with van der Waals surface area (Å²) in [5.41, 5.74) is -0.143. The third-order valence-electron chi connectivity index (χ3n) is 2.22. The molecule has 0 aliphatic rings. The molecule has 15 heavy (non-hydrogen) atoms. The van der Waals surface area contributed by atoms with Crippen LogP contribution in [0.15, 0.2) is 28.7 Å². The number of ether oxygens (including phenoxy) is 1. The van der Waals surface area contributed by atoms with Crippen LogP contribution in [-0.2, 0) is 0 Å². The molecule has 1 N–H and O–H groups in total. The van der Waals surface area contributed by atoms with Crippen LogP contribution in [0.5, 0.6) is 5.75 Å². The van der Waals surface area contributed by atoms with Gasteiger partial charge in [-0.2, -0.15) is 0 Å². The molecule has 0 aromatic heterocycles. The normalized spacial score (nSPS) is 13.7. The molecule has 3 heteroatoms. The number of aliphatic hydroxyl groups excluding tert-OH is 1. The summed E-state index contributed by atoms with van der Waals surface area (Å²) >= 11 is 3.35. The predicted molar refractivity (Wildman–Crippen MR) is 65.1 cm³/mol. The van der Waals surface area contributed by atoms with Gasteiger partial charge >= 0.3 is 0 Å². The summed E-state index contributed by atoms with van der Waals surface area (Å²) in [6, 6.07) is 7.58. The van der Waals surface area contributed by atoms with Gasteiger partial charge in [0.25, 0.3) is 0 Å². The van der Waals surface area contributed by atoms with E-state index >= 15 is 0 Å². The van der Waals surface area contributed by atoms with E-state index < -0.39 is 6.10 Å². The Kier molecular flexibility index (Phi) is 4.17. The largest absolute Gasteiger partial charge is 0.491 e. The summed E-state index contributed by atoms with van der Waals surface area (Å²) < 4.78 is 6.50. The molecule has 84 valence electrons. The van der Waals surface area contributed by atoms with Gasteiger partial charge in [0.2, 0.25) is 0 Å². The van der Waals surface area contributed by atoms with E-state index in [-0.39, 0.29) is 5.41 Å². The Morgan fingerprint density at radius 3 is 2.27 bits per heavy atom. The van der Waals surface area contributed by atoms with E-state index in [0.717, 1.165) is 10.2 Å². The Hall–Kier alpha value is -0.540. The topological polar surface area (TPSA) is 29.5 Å². The van der Waals surface area contributed by atoms with Gasteiger partial charge in [0.15, 0.2) is 0 Å². The van der Waals surface area contributed by atoms with Crippen molar-refractivity contribution < 1.29 is 9.84 Å². The lowest BCUT2D eigenvalue weighted by atomic mass is 9.90. The first kappa shape index (κ1) is 12.5. The Balaban J connectivity index is 2.47. The quantitative estimate of drug-likeness (QED) is 0.916. The van der Waals surface area contributed by atoms with Crippen molar-refractivity contribution in [2.24, 2.45) is 5.41 Å². The van der Waals surface area contributed by atoms with Crippen molar-refractivity contribution in [2.75, 3.05) is 6.61 Å². The molecule has 0 spiro atoms. The van der Waals surface area contributed by atoms with E-state index in [2.05, 4.69) is 15.9 Å². The van der Waals surface area contributed by atoms with Crippen molar-refractivity contribution in [2.45, 2.75) is 26.9 Å². The van der Waals surface area contributed by atoms with Gasteiger partial charge in [0, 0.05) is 4.47 Å². The molecule has 1 atom stereocenters.